The molecular formula is C16H34N2O2. The lowest BCUT2D eigenvalue weighted by atomic mass is 9.79. The summed E-state index contributed by atoms with van der Waals surface area (Å²) < 4.78 is 5.56. The molecule has 4 heteroatoms. The molecule has 0 spiro atoms. The maximum Gasteiger partial charge on any atom is 0.0558 e. The number of aliphatic hydroxyl groups excluding tert-OH is 1. The zero-order valence-electron chi connectivity index (χ0n) is 13.8. The highest BCUT2D eigenvalue weighted by Crippen LogP contribution is 2.31. The molecule has 0 aromatic heterocycles. The van der Waals surface area contributed by atoms with Crippen LogP contribution in [0, 0.1) is 11.3 Å². The van der Waals surface area contributed by atoms with Gasteiger partial charge in [0.1, 0.15) is 0 Å². The largest absolute Gasteiger partial charge is 0.395 e. The molecule has 20 heavy (non-hydrogen) atoms. The van der Waals surface area contributed by atoms with Crippen molar-refractivity contribution in [2.45, 2.75) is 46.6 Å². The van der Waals surface area contributed by atoms with Crippen LogP contribution in [0.15, 0.2) is 0 Å². The van der Waals surface area contributed by atoms with Gasteiger partial charge in [-0.15, -0.1) is 0 Å². The van der Waals surface area contributed by atoms with Crippen LogP contribution in [0.4, 0.5) is 0 Å². The van der Waals surface area contributed by atoms with Gasteiger partial charge in [-0.2, -0.15) is 0 Å². The Kier molecular flexibility index (Phi) is 8.03. The molecule has 0 radical (unpaired) electrons. The lowest BCUT2D eigenvalue weighted by molar-refractivity contribution is -0.0122. The molecule has 120 valence electrons. The van der Waals surface area contributed by atoms with Crippen LogP contribution in [-0.2, 0) is 4.74 Å². The molecule has 1 fully saturated rings. The monoisotopic (exact) mass is 286 g/mol. The van der Waals surface area contributed by atoms with Crippen LogP contribution in [0.3, 0.4) is 0 Å². The van der Waals surface area contributed by atoms with Crippen molar-refractivity contribution in [2.24, 2.45) is 11.3 Å². The van der Waals surface area contributed by atoms with E-state index in [4.69, 9.17) is 4.74 Å². The van der Waals surface area contributed by atoms with Gasteiger partial charge < -0.3 is 15.2 Å². The minimum Gasteiger partial charge on any atom is -0.395 e. The van der Waals surface area contributed by atoms with E-state index in [1.54, 1.807) is 0 Å². The first-order chi connectivity index (χ1) is 9.49. The Bertz CT molecular complexity index is 251. The molecule has 1 rings (SSSR count). The van der Waals surface area contributed by atoms with Crippen molar-refractivity contribution in [2.75, 3.05) is 46.0 Å². The van der Waals surface area contributed by atoms with Crippen molar-refractivity contribution in [3.8, 4) is 0 Å². The number of nitrogens with one attached hydrogen (secondary N) is 1. The van der Waals surface area contributed by atoms with Gasteiger partial charge in [0.05, 0.1) is 6.61 Å². The maximum atomic E-state index is 9.27. The molecular weight excluding hydrogens is 252 g/mol. The van der Waals surface area contributed by atoms with Crippen molar-refractivity contribution in [1.82, 2.24) is 10.2 Å². The number of nitrogens with zero attached hydrogens (tertiary/aromatic N) is 1. The van der Waals surface area contributed by atoms with Crippen LogP contribution in [0.5, 0.6) is 0 Å². The van der Waals surface area contributed by atoms with Gasteiger partial charge in [0.15, 0.2) is 0 Å². The smallest absolute Gasteiger partial charge is 0.0558 e. The van der Waals surface area contributed by atoms with Gasteiger partial charge in [-0.3, -0.25) is 4.90 Å². The molecule has 1 aliphatic heterocycles. The molecule has 1 saturated heterocycles. The zero-order valence-corrected chi connectivity index (χ0v) is 13.8. The van der Waals surface area contributed by atoms with Gasteiger partial charge in [0.2, 0.25) is 0 Å². The van der Waals surface area contributed by atoms with E-state index in [0.29, 0.717) is 17.4 Å². The average molecular weight is 286 g/mol. The lowest BCUT2D eigenvalue weighted by Gasteiger charge is -2.42. The van der Waals surface area contributed by atoms with Crippen LogP contribution in [0.1, 0.15) is 40.5 Å². The summed E-state index contributed by atoms with van der Waals surface area (Å²) >= 11 is 0. The first kappa shape index (κ1) is 17.9. The minimum absolute atomic E-state index is 0.240. The van der Waals surface area contributed by atoms with Gasteiger partial charge in [-0.25, -0.2) is 0 Å². The number of aliphatic hydroxyl groups is 1. The fourth-order valence-corrected chi connectivity index (χ4v) is 2.90. The number of ether oxygens (including phenoxy) is 1. The van der Waals surface area contributed by atoms with E-state index in [1.807, 2.05) is 0 Å². The summed E-state index contributed by atoms with van der Waals surface area (Å²) in [4.78, 5) is 2.41. The van der Waals surface area contributed by atoms with Gasteiger partial charge in [0, 0.05) is 38.9 Å². The highest BCUT2D eigenvalue weighted by Gasteiger charge is 2.34. The lowest BCUT2D eigenvalue weighted by Crippen LogP contribution is -2.50. The molecule has 0 saturated carbocycles. The van der Waals surface area contributed by atoms with E-state index in [9.17, 15) is 5.11 Å². The Hall–Kier alpha value is -0.160. The van der Waals surface area contributed by atoms with E-state index in [-0.39, 0.29) is 6.61 Å². The second-order valence-corrected chi connectivity index (χ2v) is 6.92. The second kappa shape index (κ2) is 8.98. The summed E-state index contributed by atoms with van der Waals surface area (Å²) in [6.07, 6.45) is 2.24. The molecule has 1 heterocycles. The summed E-state index contributed by atoms with van der Waals surface area (Å²) in [5.41, 5.74) is 0.298. The molecule has 2 N–H and O–H groups in total. The van der Waals surface area contributed by atoms with E-state index in [1.165, 1.54) is 0 Å². The third kappa shape index (κ3) is 6.08. The van der Waals surface area contributed by atoms with Gasteiger partial charge >= 0.3 is 0 Å². The number of hydrogen-bond acceptors (Lipinski definition) is 4. The predicted octanol–water partition coefficient (Wildman–Crippen LogP) is 1.73. The van der Waals surface area contributed by atoms with Gasteiger partial charge in [-0.05, 0) is 44.6 Å². The van der Waals surface area contributed by atoms with E-state index in [0.717, 1.165) is 52.2 Å². The topological polar surface area (TPSA) is 44.7 Å². The van der Waals surface area contributed by atoms with Crippen LogP contribution < -0.4 is 5.32 Å². The molecule has 0 atom stereocenters. The van der Waals surface area contributed by atoms with Crippen LogP contribution in [0.25, 0.3) is 0 Å². The summed E-state index contributed by atoms with van der Waals surface area (Å²) in [5, 5.41) is 12.9. The molecule has 0 aromatic rings. The van der Waals surface area contributed by atoms with E-state index in [2.05, 4.69) is 37.9 Å². The molecule has 4 nitrogen and oxygen atoms in total. The van der Waals surface area contributed by atoms with E-state index >= 15 is 0 Å². The Morgan fingerprint density at radius 3 is 2.35 bits per heavy atom. The Morgan fingerprint density at radius 1 is 1.20 bits per heavy atom. The highest BCUT2D eigenvalue weighted by atomic mass is 16.5. The Labute approximate surface area is 124 Å². The molecule has 0 unspecified atom stereocenters. The molecule has 1 aliphatic rings. The minimum atomic E-state index is 0.240. The van der Waals surface area contributed by atoms with Crippen molar-refractivity contribution in [3.05, 3.63) is 0 Å². The van der Waals surface area contributed by atoms with Gasteiger partial charge in [-0.1, -0.05) is 13.8 Å². The van der Waals surface area contributed by atoms with Gasteiger partial charge in [0.25, 0.3) is 0 Å². The van der Waals surface area contributed by atoms with Crippen molar-refractivity contribution in [3.63, 3.8) is 0 Å². The molecule has 0 aromatic carbocycles. The molecule has 0 amide bonds. The first-order valence-corrected chi connectivity index (χ1v) is 8.12. The third-order valence-corrected chi connectivity index (χ3v) is 4.26. The molecule has 0 bridgehead atoms. The second-order valence-electron chi connectivity index (χ2n) is 6.92. The summed E-state index contributed by atoms with van der Waals surface area (Å²) in [6.45, 7) is 14.9. The fraction of sp³-hybridized carbons (Fsp3) is 1.00. The first-order valence-electron chi connectivity index (χ1n) is 8.12. The summed E-state index contributed by atoms with van der Waals surface area (Å²) in [6, 6.07) is 0.479. The summed E-state index contributed by atoms with van der Waals surface area (Å²) in [5.74, 6) is 0.686. The van der Waals surface area contributed by atoms with Crippen LogP contribution in [0.2, 0.25) is 0 Å². The Balaban J connectivity index is 2.61. The number of rotatable bonds is 9. The number of hydrogen-bond donors (Lipinski definition) is 2. The van der Waals surface area contributed by atoms with Crippen molar-refractivity contribution < 1.29 is 9.84 Å². The van der Waals surface area contributed by atoms with Crippen LogP contribution >= 0.6 is 0 Å². The van der Waals surface area contributed by atoms with Crippen molar-refractivity contribution >= 4 is 0 Å². The van der Waals surface area contributed by atoms with Crippen LogP contribution in [-0.4, -0.2) is 62.0 Å². The van der Waals surface area contributed by atoms with Crippen molar-refractivity contribution in [1.29, 1.82) is 0 Å². The standard InChI is InChI=1S/C16H34N2O2/c1-14(2)11-17-12-16(5-9-20-10-6-16)13-18(7-8-19)15(3)4/h14-15,17,19H,5-13H2,1-4H3. The SMILES string of the molecule is CC(C)CNCC1(CN(CCO)C(C)C)CCOCC1. The normalized spacial score (nSPS) is 19.2. The maximum absolute atomic E-state index is 9.27. The highest BCUT2D eigenvalue weighted by molar-refractivity contribution is 4.88. The quantitative estimate of drug-likeness (QED) is 0.677. The average Bonchev–Trinajstić information content (AvgIpc) is 2.39. The zero-order chi connectivity index (χ0) is 15.0. The fourth-order valence-electron chi connectivity index (χ4n) is 2.90. The third-order valence-electron chi connectivity index (χ3n) is 4.26. The van der Waals surface area contributed by atoms with E-state index < -0.39 is 0 Å². The summed E-state index contributed by atoms with van der Waals surface area (Å²) in [7, 11) is 0. The Morgan fingerprint density at radius 2 is 1.85 bits per heavy atom. The predicted molar refractivity (Wildman–Crippen MR) is 84.0 cm³/mol. The molecule has 0 aliphatic carbocycles.